The van der Waals surface area contributed by atoms with Crippen LogP contribution in [0.4, 0.5) is 0 Å². The number of thiophene rings is 1. The van der Waals surface area contributed by atoms with Gasteiger partial charge < -0.3 is 4.74 Å². The van der Waals surface area contributed by atoms with Crippen molar-refractivity contribution in [3.63, 3.8) is 0 Å². The molecule has 1 atom stereocenters. The number of piperazine rings is 1. The molecule has 1 aromatic heterocycles. The summed E-state index contributed by atoms with van der Waals surface area (Å²) in [7, 11) is -7.84. The van der Waals surface area contributed by atoms with E-state index >= 15 is 0 Å². The second-order valence-electron chi connectivity index (χ2n) is 8.57. The van der Waals surface area contributed by atoms with Crippen LogP contribution in [0, 0.1) is 0 Å². The van der Waals surface area contributed by atoms with Crippen LogP contribution in [0.25, 0.3) is 10.4 Å². The first-order valence-corrected chi connectivity index (χ1v) is 15.5. The Morgan fingerprint density at radius 2 is 1.73 bits per heavy atom. The maximum atomic E-state index is 13.5. The predicted molar refractivity (Wildman–Crippen MR) is 142 cm³/mol. The Hall–Kier alpha value is -1.62. The predicted octanol–water partition coefficient (Wildman–Crippen LogP) is 1.07. The van der Waals surface area contributed by atoms with Crippen molar-refractivity contribution in [2.45, 2.75) is 16.7 Å². The average Bonchev–Trinajstić information content (AvgIpc) is 3.40. The summed E-state index contributed by atoms with van der Waals surface area (Å²) in [6, 6.07) is 11.1. The highest BCUT2D eigenvalue weighted by Crippen LogP contribution is 2.33. The first kappa shape index (κ1) is 29.9. The molecule has 2 N–H and O–H groups in total. The number of nitrogens with zero attached hydrogens (tertiary/aromatic N) is 3. The number of amides is 1. The quantitative estimate of drug-likeness (QED) is 0.325. The molecule has 0 saturated carbocycles. The number of carbonyl (C=O) groups is 1. The number of carbonyl (C=O) groups excluding carboxylic acids is 1. The van der Waals surface area contributed by atoms with Gasteiger partial charge in [0.2, 0.25) is 10.0 Å². The van der Waals surface area contributed by atoms with Crippen LogP contribution in [-0.2, 0) is 29.6 Å². The van der Waals surface area contributed by atoms with Crippen LogP contribution < -0.4 is 5.48 Å². The van der Waals surface area contributed by atoms with Crippen LogP contribution in [0.3, 0.4) is 0 Å². The third-order valence-electron chi connectivity index (χ3n) is 6.28. The minimum absolute atomic E-state index is 0. The van der Waals surface area contributed by atoms with Crippen LogP contribution in [0.5, 0.6) is 0 Å². The number of halogens is 1. The molecule has 0 unspecified atom stereocenters. The Morgan fingerprint density at radius 1 is 1.03 bits per heavy atom. The maximum absolute atomic E-state index is 13.5. The van der Waals surface area contributed by atoms with Crippen LogP contribution in [0.2, 0.25) is 0 Å². The third kappa shape index (κ3) is 7.07. The van der Waals surface area contributed by atoms with Gasteiger partial charge in [-0.1, -0.05) is 30.3 Å². The molecule has 4 rings (SSSR count). The monoisotopic (exact) mass is 594 g/mol. The summed E-state index contributed by atoms with van der Waals surface area (Å²) in [6.45, 7) is 2.71. The van der Waals surface area contributed by atoms with E-state index in [4.69, 9.17) is 4.74 Å². The van der Waals surface area contributed by atoms with Crippen LogP contribution in [-0.4, -0.2) is 106 Å². The first-order chi connectivity index (χ1) is 17.2. The highest BCUT2D eigenvalue weighted by molar-refractivity contribution is 7.91. The fourth-order valence-electron chi connectivity index (χ4n) is 4.33. The molecule has 2 aromatic rings. The van der Waals surface area contributed by atoms with Crippen molar-refractivity contribution >= 4 is 49.7 Å². The van der Waals surface area contributed by atoms with Gasteiger partial charge in [-0.3, -0.25) is 14.9 Å². The van der Waals surface area contributed by atoms with Gasteiger partial charge in [-0.15, -0.1) is 23.7 Å². The summed E-state index contributed by atoms with van der Waals surface area (Å²) in [5, 5.41) is 9.27. The van der Waals surface area contributed by atoms with E-state index < -0.39 is 32.0 Å². The van der Waals surface area contributed by atoms with Crippen LogP contribution >= 0.6 is 23.7 Å². The van der Waals surface area contributed by atoms with Gasteiger partial charge in [-0.05, 0) is 30.7 Å². The number of sulfonamides is 2. The fourth-order valence-corrected chi connectivity index (χ4v) is 8.82. The SMILES string of the molecule is Cl.O=C(NO)[C@H]1CN(S(=O)(=O)CCCN2CCOCC2)CCN1S(=O)(=O)c1ccc(-c2ccccc2)s1. The molecule has 3 heterocycles. The second kappa shape index (κ2) is 13.0. The van der Waals surface area contributed by atoms with Gasteiger partial charge in [-0.2, -0.15) is 8.61 Å². The van der Waals surface area contributed by atoms with E-state index in [1.807, 2.05) is 30.3 Å². The number of rotatable bonds is 9. The van der Waals surface area contributed by atoms with E-state index in [0.29, 0.717) is 26.2 Å². The normalized spacial score (nSPS) is 20.3. The average molecular weight is 595 g/mol. The van der Waals surface area contributed by atoms with Gasteiger partial charge in [0.05, 0.1) is 19.0 Å². The molecule has 2 fully saturated rings. The third-order valence-corrected chi connectivity index (χ3v) is 11.7. The molecule has 2 aliphatic rings. The lowest BCUT2D eigenvalue weighted by molar-refractivity contribution is -0.134. The number of ether oxygens (including phenoxy) is 1. The van der Waals surface area contributed by atoms with Gasteiger partial charge in [0.1, 0.15) is 10.3 Å². The van der Waals surface area contributed by atoms with Crippen LogP contribution in [0.1, 0.15) is 6.42 Å². The Bertz CT molecular complexity index is 1250. The molecular weight excluding hydrogens is 564 g/mol. The number of benzene rings is 1. The number of hydroxylamine groups is 1. The molecule has 15 heteroatoms. The van der Waals surface area contributed by atoms with Gasteiger partial charge >= 0.3 is 0 Å². The van der Waals surface area contributed by atoms with E-state index in [9.17, 15) is 26.8 Å². The van der Waals surface area contributed by atoms with Crippen molar-refractivity contribution < 1.29 is 31.6 Å². The molecule has 1 aromatic carbocycles. The zero-order chi connectivity index (χ0) is 25.8. The zero-order valence-electron chi connectivity index (χ0n) is 20.1. The van der Waals surface area contributed by atoms with Crippen molar-refractivity contribution in [3.05, 3.63) is 42.5 Å². The van der Waals surface area contributed by atoms with Gasteiger partial charge in [0, 0.05) is 37.6 Å². The van der Waals surface area contributed by atoms with Crippen LogP contribution in [0.15, 0.2) is 46.7 Å². The molecule has 0 radical (unpaired) electrons. The second-order valence-corrected chi connectivity index (χ2v) is 13.9. The number of hydrogen-bond acceptors (Lipinski definition) is 9. The molecule has 0 aliphatic carbocycles. The fraction of sp³-hybridized carbons (Fsp3) is 0.500. The van der Waals surface area contributed by atoms with E-state index in [2.05, 4.69) is 4.90 Å². The summed E-state index contributed by atoms with van der Waals surface area (Å²) in [6.07, 6.45) is 0.412. The topological polar surface area (TPSA) is 137 Å². The van der Waals surface area contributed by atoms with Gasteiger partial charge in [-0.25, -0.2) is 22.3 Å². The first-order valence-electron chi connectivity index (χ1n) is 11.6. The Balaban J connectivity index is 0.00000380. The minimum Gasteiger partial charge on any atom is -0.379 e. The minimum atomic E-state index is -4.11. The van der Waals surface area contributed by atoms with Crippen molar-refractivity contribution in [3.8, 4) is 10.4 Å². The largest absolute Gasteiger partial charge is 0.379 e. The van der Waals surface area contributed by atoms with Crippen molar-refractivity contribution in [1.29, 1.82) is 0 Å². The summed E-state index contributed by atoms with van der Waals surface area (Å²) < 4.78 is 60.4. The van der Waals surface area contributed by atoms with E-state index in [1.165, 1.54) is 11.5 Å². The Labute approximate surface area is 227 Å². The summed E-state index contributed by atoms with van der Waals surface area (Å²) in [5.41, 5.74) is 2.36. The van der Waals surface area contributed by atoms with Gasteiger partial charge in [0.15, 0.2) is 0 Å². The molecule has 11 nitrogen and oxygen atoms in total. The standard InChI is InChI=1S/C22H30N4O7S3.ClH/c27-22(23-28)19-17-25(35(29,30)16-4-9-24-12-14-33-15-13-24)10-11-26(19)36(31,32)21-8-7-20(34-21)18-5-2-1-3-6-18;/h1-3,5-8,19,28H,4,9-17H2,(H,23,27);1H/t19-;/m1./s1. The molecular formula is C22H31ClN4O7S3. The van der Waals surface area contributed by atoms with E-state index in [-0.39, 0.29) is 42.0 Å². The number of nitrogens with one attached hydrogen (secondary N) is 1. The Morgan fingerprint density at radius 3 is 2.41 bits per heavy atom. The van der Waals surface area contributed by atoms with Crippen molar-refractivity contribution in [2.75, 3.05) is 58.2 Å². The van der Waals surface area contributed by atoms with E-state index in [0.717, 1.165) is 43.5 Å². The lowest BCUT2D eigenvalue weighted by Gasteiger charge is -2.38. The van der Waals surface area contributed by atoms with Gasteiger partial charge in [0.25, 0.3) is 15.9 Å². The van der Waals surface area contributed by atoms with Crippen molar-refractivity contribution in [1.82, 2.24) is 19.0 Å². The molecule has 206 valence electrons. The summed E-state index contributed by atoms with van der Waals surface area (Å²) in [4.78, 5) is 15.4. The van der Waals surface area contributed by atoms with Crippen molar-refractivity contribution in [2.24, 2.45) is 0 Å². The summed E-state index contributed by atoms with van der Waals surface area (Å²) in [5.74, 6) is -1.10. The Kier molecular flexibility index (Phi) is 10.5. The highest BCUT2D eigenvalue weighted by Gasteiger charge is 2.43. The lowest BCUT2D eigenvalue weighted by atomic mass is 10.2. The summed E-state index contributed by atoms with van der Waals surface area (Å²) >= 11 is 1.07. The smallest absolute Gasteiger partial charge is 0.263 e. The maximum Gasteiger partial charge on any atom is 0.263 e. The molecule has 0 bridgehead atoms. The molecule has 1 amide bonds. The number of morpholine rings is 1. The molecule has 2 saturated heterocycles. The highest BCUT2D eigenvalue weighted by atomic mass is 35.5. The molecule has 2 aliphatic heterocycles. The lowest BCUT2D eigenvalue weighted by Crippen LogP contribution is -2.61. The molecule has 37 heavy (non-hydrogen) atoms. The number of hydrogen-bond donors (Lipinski definition) is 2. The molecule has 0 spiro atoms. The van der Waals surface area contributed by atoms with E-state index in [1.54, 1.807) is 6.07 Å². The zero-order valence-corrected chi connectivity index (χ0v) is 23.3.